The lowest BCUT2D eigenvalue weighted by Gasteiger charge is -2.21. The summed E-state index contributed by atoms with van der Waals surface area (Å²) in [5.41, 5.74) is 0. The molecule has 0 aliphatic carbocycles. The minimum absolute atomic E-state index is 0.699. The van der Waals surface area contributed by atoms with Gasteiger partial charge >= 0.3 is 0 Å². The SMILES string of the molecule is CC(C)CNCC(Cc1nccs1)C(C)C. The van der Waals surface area contributed by atoms with Crippen molar-refractivity contribution in [2.75, 3.05) is 13.1 Å². The first-order chi connectivity index (χ1) is 7.59. The Balaban J connectivity index is 2.36. The number of aromatic nitrogens is 1. The van der Waals surface area contributed by atoms with E-state index in [9.17, 15) is 0 Å². The highest BCUT2D eigenvalue weighted by molar-refractivity contribution is 7.09. The molecule has 16 heavy (non-hydrogen) atoms. The summed E-state index contributed by atoms with van der Waals surface area (Å²) < 4.78 is 0. The van der Waals surface area contributed by atoms with Crippen molar-refractivity contribution >= 4 is 11.3 Å². The van der Waals surface area contributed by atoms with Crippen LogP contribution in [0.1, 0.15) is 32.7 Å². The van der Waals surface area contributed by atoms with Crippen LogP contribution in [0.15, 0.2) is 11.6 Å². The van der Waals surface area contributed by atoms with Crippen LogP contribution >= 0.6 is 11.3 Å². The molecule has 1 heterocycles. The van der Waals surface area contributed by atoms with Crippen LogP contribution in [0.2, 0.25) is 0 Å². The molecule has 0 fully saturated rings. The summed E-state index contributed by atoms with van der Waals surface area (Å²) in [4.78, 5) is 4.37. The highest BCUT2D eigenvalue weighted by Gasteiger charge is 2.15. The monoisotopic (exact) mass is 240 g/mol. The van der Waals surface area contributed by atoms with Gasteiger partial charge in [-0.2, -0.15) is 0 Å². The third kappa shape index (κ3) is 5.08. The average Bonchev–Trinajstić information content (AvgIpc) is 2.68. The zero-order valence-electron chi connectivity index (χ0n) is 10.9. The molecular formula is C13H24N2S. The van der Waals surface area contributed by atoms with Crippen molar-refractivity contribution in [1.82, 2.24) is 10.3 Å². The van der Waals surface area contributed by atoms with Gasteiger partial charge in [-0.05, 0) is 30.8 Å². The minimum Gasteiger partial charge on any atom is -0.316 e. The molecule has 1 atom stereocenters. The first kappa shape index (κ1) is 13.7. The van der Waals surface area contributed by atoms with Gasteiger partial charge in [0.05, 0.1) is 5.01 Å². The molecule has 0 spiro atoms. The van der Waals surface area contributed by atoms with E-state index >= 15 is 0 Å². The number of hydrogen-bond donors (Lipinski definition) is 1. The molecule has 3 heteroatoms. The van der Waals surface area contributed by atoms with Gasteiger partial charge in [0, 0.05) is 18.0 Å². The Labute approximate surface area is 103 Å². The summed E-state index contributed by atoms with van der Waals surface area (Å²) in [5, 5.41) is 6.89. The second-order valence-electron chi connectivity index (χ2n) is 5.19. The minimum atomic E-state index is 0.699. The van der Waals surface area contributed by atoms with Crippen molar-refractivity contribution in [1.29, 1.82) is 0 Å². The van der Waals surface area contributed by atoms with E-state index < -0.39 is 0 Å². The van der Waals surface area contributed by atoms with Crippen molar-refractivity contribution in [3.05, 3.63) is 16.6 Å². The molecule has 0 radical (unpaired) electrons. The van der Waals surface area contributed by atoms with Crippen LogP contribution in [0.4, 0.5) is 0 Å². The topological polar surface area (TPSA) is 24.9 Å². The number of nitrogens with zero attached hydrogens (tertiary/aromatic N) is 1. The molecule has 0 bridgehead atoms. The van der Waals surface area contributed by atoms with Gasteiger partial charge in [0.2, 0.25) is 0 Å². The third-order valence-electron chi connectivity index (χ3n) is 2.82. The lowest BCUT2D eigenvalue weighted by Crippen LogP contribution is -2.30. The summed E-state index contributed by atoms with van der Waals surface area (Å²) >= 11 is 1.77. The van der Waals surface area contributed by atoms with Gasteiger partial charge in [0.15, 0.2) is 0 Å². The van der Waals surface area contributed by atoms with Gasteiger partial charge in [0.1, 0.15) is 0 Å². The lowest BCUT2D eigenvalue weighted by molar-refractivity contribution is 0.352. The molecule has 2 nitrogen and oxygen atoms in total. The fraction of sp³-hybridized carbons (Fsp3) is 0.769. The summed E-state index contributed by atoms with van der Waals surface area (Å²) in [5.74, 6) is 2.14. The fourth-order valence-corrected chi connectivity index (χ4v) is 2.39. The van der Waals surface area contributed by atoms with Crippen LogP contribution in [0, 0.1) is 17.8 Å². The maximum Gasteiger partial charge on any atom is 0.0928 e. The molecule has 0 saturated heterocycles. The van der Waals surface area contributed by atoms with E-state index in [-0.39, 0.29) is 0 Å². The van der Waals surface area contributed by atoms with E-state index in [1.165, 1.54) is 5.01 Å². The van der Waals surface area contributed by atoms with E-state index in [1.54, 1.807) is 11.3 Å². The van der Waals surface area contributed by atoms with Crippen molar-refractivity contribution < 1.29 is 0 Å². The van der Waals surface area contributed by atoms with Gasteiger partial charge in [-0.1, -0.05) is 27.7 Å². The first-order valence-corrected chi connectivity index (χ1v) is 7.06. The Morgan fingerprint density at radius 1 is 1.25 bits per heavy atom. The molecule has 1 N–H and O–H groups in total. The van der Waals surface area contributed by atoms with Crippen LogP contribution in [0.3, 0.4) is 0 Å². The zero-order chi connectivity index (χ0) is 12.0. The molecule has 1 rings (SSSR count). The van der Waals surface area contributed by atoms with Gasteiger partial charge in [-0.3, -0.25) is 0 Å². The fourth-order valence-electron chi connectivity index (χ4n) is 1.68. The first-order valence-electron chi connectivity index (χ1n) is 6.18. The molecule has 1 aromatic rings. The second-order valence-corrected chi connectivity index (χ2v) is 6.17. The van der Waals surface area contributed by atoms with Gasteiger partial charge in [0.25, 0.3) is 0 Å². The van der Waals surface area contributed by atoms with Crippen molar-refractivity contribution in [3.63, 3.8) is 0 Å². The molecule has 0 aliphatic rings. The molecule has 1 unspecified atom stereocenters. The van der Waals surface area contributed by atoms with E-state index in [1.807, 2.05) is 6.20 Å². The van der Waals surface area contributed by atoms with E-state index in [0.717, 1.165) is 25.4 Å². The zero-order valence-corrected chi connectivity index (χ0v) is 11.7. The number of thiazole rings is 1. The van der Waals surface area contributed by atoms with Gasteiger partial charge in [-0.25, -0.2) is 4.98 Å². The van der Waals surface area contributed by atoms with Crippen LogP contribution in [0.25, 0.3) is 0 Å². The Morgan fingerprint density at radius 2 is 2.00 bits per heavy atom. The maximum atomic E-state index is 4.37. The van der Waals surface area contributed by atoms with Gasteiger partial charge < -0.3 is 5.32 Å². The second kappa shape index (κ2) is 7.02. The quantitative estimate of drug-likeness (QED) is 0.791. The lowest BCUT2D eigenvalue weighted by atomic mass is 9.92. The van der Waals surface area contributed by atoms with Crippen LogP contribution < -0.4 is 5.32 Å². The largest absolute Gasteiger partial charge is 0.316 e. The van der Waals surface area contributed by atoms with Crippen molar-refractivity contribution in [2.45, 2.75) is 34.1 Å². The molecule has 0 aromatic carbocycles. The average molecular weight is 240 g/mol. The predicted octanol–water partition coefficient (Wildman–Crippen LogP) is 3.20. The smallest absolute Gasteiger partial charge is 0.0928 e. The highest BCUT2D eigenvalue weighted by Crippen LogP contribution is 2.18. The molecule has 0 amide bonds. The summed E-state index contributed by atoms with van der Waals surface area (Å²) in [7, 11) is 0. The Morgan fingerprint density at radius 3 is 2.50 bits per heavy atom. The highest BCUT2D eigenvalue weighted by atomic mass is 32.1. The number of rotatable bonds is 7. The third-order valence-corrected chi connectivity index (χ3v) is 3.62. The predicted molar refractivity (Wildman–Crippen MR) is 71.9 cm³/mol. The van der Waals surface area contributed by atoms with Gasteiger partial charge in [-0.15, -0.1) is 11.3 Å². The van der Waals surface area contributed by atoms with E-state index in [4.69, 9.17) is 0 Å². The summed E-state index contributed by atoms with van der Waals surface area (Å²) in [6.07, 6.45) is 3.01. The normalized spacial score (nSPS) is 13.6. The van der Waals surface area contributed by atoms with Crippen LogP contribution in [-0.4, -0.2) is 18.1 Å². The standard InChI is InChI=1S/C13H24N2S/c1-10(2)8-14-9-12(11(3)4)7-13-15-5-6-16-13/h5-6,10-12,14H,7-9H2,1-4H3. The Bertz CT molecular complexity index is 267. The molecule has 0 aliphatic heterocycles. The molecule has 1 aromatic heterocycles. The summed E-state index contributed by atoms with van der Waals surface area (Å²) in [6, 6.07) is 0. The molecule has 0 saturated carbocycles. The maximum absolute atomic E-state index is 4.37. The molecule has 92 valence electrons. The summed E-state index contributed by atoms with van der Waals surface area (Å²) in [6.45, 7) is 11.3. The number of hydrogen-bond acceptors (Lipinski definition) is 3. The van der Waals surface area contributed by atoms with Crippen molar-refractivity contribution in [2.24, 2.45) is 17.8 Å². The van der Waals surface area contributed by atoms with E-state index in [0.29, 0.717) is 11.8 Å². The molecular weight excluding hydrogens is 216 g/mol. The number of nitrogens with one attached hydrogen (secondary N) is 1. The van der Waals surface area contributed by atoms with Crippen LogP contribution in [-0.2, 0) is 6.42 Å². The van der Waals surface area contributed by atoms with Crippen LogP contribution in [0.5, 0.6) is 0 Å². The Kier molecular flexibility index (Phi) is 5.99. The van der Waals surface area contributed by atoms with Crippen molar-refractivity contribution in [3.8, 4) is 0 Å². The van der Waals surface area contributed by atoms with E-state index in [2.05, 4.69) is 43.4 Å². The Hall–Kier alpha value is -0.410.